The van der Waals surface area contributed by atoms with Crippen LogP contribution >= 0.6 is 0 Å². The predicted molar refractivity (Wildman–Crippen MR) is 269 cm³/mol. The van der Waals surface area contributed by atoms with E-state index in [9.17, 15) is 123 Å². The monoisotopic (exact) mass is 1370 g/mol. The van der Waals surface area contributed by atoms with Crippen LogP contribution in [0.4, 0.5) is 0 Å². The Kier molecular flexibility index (Phi) is 25.7. The highest BCUT2D eigenvalue weighted by atomic mass is 32.3. The third-order valence-electron chi connectivity index (χ3n) is 15.2. The lowest BCUT2D eigenvalue weighted by Crippen LogP contribution is -2.61. The number of hydrogen-bond acceptors (Lipinski definition) is 35. The fourth-order valence-corrected chi connectivity index (χ4v) is 12.5. The molecule has 16 N–H and O–H groups in total. The lowest BCUT2D eigenvalue weighted by molar-refractivity contribution is -0.308. The Morgan fingerprint density at radius 3 is 1.52 bits per heavy atom. The van der Waals surface area contributed by atoms with Crippen molar-refractivity contribution in [3.05, 3.63) is 11.8 Å². The van der Waals surface area contributed by atoms with Crippen LogP contribution in [-0.4, -0.2) is 319 Å². The van der Waals surface area contributed by atoms with E-state index < -0.39 is 283 Å². The largest absolute Gasteiger partial charge is 0.479 e. The normalized spacial score (nSPS) is 42.3. The number of carboxylic acid groups (broad SMARTS) is 2. The first-order valence-electron chi connectivity index (χ1n) is 26.2. The fourth-order valence-electron chi connectivity index (χ4n) is 10.6. The molecule has 41 nitrogen and oxygen atoms in total. The van der Waals surface area contributed by atoms with Crippen LogP contribution < -0.4 is 0 Å². The second kappa shape index (κ2) is 30.5. The van der Waals surface area contributed by atoms with Crippen molar-refractivity contribution in [3.8, 4) is 0 Å². The summed E-state index contributed by atoms with van der Waals surface area (Å²) in [6.45, 7) is -3.38. The van der Waals surface area contributed by atoms with Crippen LogP contribution in [0, 0.1) is 29.6 Å². The van der Waals surface area contributed by atoms with E-state index in [4.69, 9.17) is 52.1 Å². The lowest BCUT2D eigenvalue weighted by atomic mass is 9.79. The van der Waals surface area contributed by atoms with E-state index in [1.807, 2.05) is 0 Å². The van der Waals surface area contributed by atoms with Crippen LogP contribution in [0.3, 0.4) is 0 Å². The molecular weight excluding hydrogens is 1300 g/mol. The van der Waals surface area contributed by atoms with Crippen LogP contribution in [0.5, 0.6) is 0 Å². The van der Waals surface area contributed by atoms with Gasteiger partial charge in [0.2, 0.25) is 12.0 Å². The fraction of sp³-hybridized carbons (Fsp3) is 0.907. The van der Waals surface area contributed by atoms with E-state index in [0.29, 0.717) is 6.08 Å². The standard InChI is InChI=1S/C43H70O41S4/c1-13-16(18(28(48)25(76-13)12-75-85(58,59)60)9-73-42-33(53)35(83-87(64,65)66)26(46)14(2)77-42)7-71-40-30(50)20(29(49)36(81-40)39(56)57)6-70-11-24-17(8-72-41-31(51)21(45)4-22(80-41)38(54)55)19(27(47)23(5-44)79-24)10-74-43-37(84-88(67,68)69)32(52)34(15(3)78-43)82-86(61,62)63/h4,13-21,23-37,40-53H,5-12H2,1-3H3,(H,54,55)(H,56,57)(H,58,59,60)(H,61,62,63)(H,64,65,66)(H,67,68,69). The third kappa shape index (κ3) is 19.4. The van der Waals surface area contributed by atoms with E-state index in [1.54, 1.807) is 0 Å². The van der Waals surface area contributed by atoms with Gasteiger partial charge in [0.25, 0.3) is 0 Å². The quantitative estimate of drug-likeness (QED) is 0.0324. The predicted octanol–water partition coefficient (Wildman–Crippen LogP) is -9.05. The van der Waals surface area contributed by atoms with Gasteiger partial charge in [0.1, 0.15) is 61.0 Å². The minimum absolute atomic E-state index is 0.631. The Labute approximate surface area is 499 Å². The molecule has 28 unspecified atom stereocenters. The van der Waals surface area contributed by atoms with Gasteiger partial charge in [0, 0.05) is 29.6 Å². The molecule has 0 saturated carbocycles. The molecule has 0 aromatic carbocycles. The van der Waals surface area contributed by atoms with Crippen molar-refractivity contribution >= 4 is 53.5 Å². The Morgan fingerprint density at radius 1 is 0.443 bits per heavy atom. The van der Waals surface area contributed by atoms with Crippen molar-refractivity contribution in [2.24, 2.45) is 29.6 Å². The highest BCUT2D eigenvalue weighted by molar-refractivity contribution is 7.81. The van der Waals surface area contributed by atoms with Gasteiger partial charge in [-0.3, -0.25) is 18.2 Å². The first-order chi connectivity index (χ1) is 40.7. The number of aliphatic carboxylic acids is 2. The zero-order valence-corrected chi connectivity index (χ0v) is 49.2. The second-order valence-electron chi connectivity index (χ2n) is 21.1. The summed E-state index contributed by atoms with van der Waals surface area (Å²) in [4.78, 5) is 24.4. The number of rotatable bonds is 28. The van der Waals surface area contributed by atoms with Gasteiger partial charge in [-0.05, 0) is 26.8 Å². The van der Waals surface area contributed by atoms with Gasteiger partial charge < -0.3 is 113 Å². The van der Waals surface area contributed by atoms with E-state index >= 15 is 0 Å². The van der Waals surface area contributed by atoms with E-state index in [0.717, 1.165) is 6.92 Å². The number of aliphatic hydroxyl groups is 10. The van der Waals surface area contributed by atoms with Crippen molar-refractivity contribution < 1.29 is 192 Å². The molecule has 0 bridgehead atoms. The molecule has 28 atom stereocenters. The first-order valence-corrected chi connectivity index (χ1v) is 31.6. The molecule has 0 spiro atoms. The highest BCUT2D eigenvalue weighted by Gasteiger charge is 2.55. The van der Waals surface area contributed by atoms with E-state index in [-0.39, 0.29) is 0 Å². The zero-order chi connectivity index (χ0) is 65.9. The van der Waals surface area contributed by atoms with Crippen LogP contribution in [0.25, 0.3) is 0 Å². The van der Waals surface area contributed by atoms with Crippen molar-refractivity contribution in [2.45, 2.75) is 162 Å². The van der Waals surface area contributed by atoms with Crippen LogP contribution in [0.1, 0.15) is 20.8 Å². The third-order valence-corrected chi connectivity index (χ3v) is 17.0. The van der Waals surface area contributed by atoms with Gasteiger partial charge in [-0.15, -0.1) is 0 Å². The Balaban J connectivity index is 1.23. The minimum atomic E-state index is -5.58. The molecular formula is C43H70O41S4. The topological polar surface area (TPSA) is 633 Å². The average molecular weight is 1370 g/mol. The van der Waals surface area contributed by atoms with Crippen LogP contribution in [0.2, 0.25) is 0 Å². The second-order valence-corrected chi connectivity index (χ2v) is 25.3. The summed E-state index contributed by atoms with van der Waals surface area (Å²) in [7, 11) is -21.4. The Hall–Kier alpha value is -2.84. The van der Waals surface area contributed by atoms with E-state index in [2.05, 4.69) is 16.7 Å². The number of hydrogen-bond donors (Lipinski definition) is 16. The molecule has 0 aromatic rings. The average Bonchev–Trinajstić information content (AvgIpc) is 1.38. The first kappa shape index (κ1) is 74.2. The highest BCUT2D eigenvalue weighted by Crippen LogP contribution is 2.39. The summed E-state index contributed by atoms with van der Waals surface area (Å²) < 4.78 is 211. The maximum atomic E-state index is 12.6. The maximum absolute atomic E-state index is 12.6. The summed E-state index contributed by atoms with van der Waals surface area (Å²) in [5.74, 6) is -11.8. The number of aliphatic hydroxyl groups excluding tert-OH is 10. The molecule has 0 aromatic heterocycles. The van der Waals surface area contributed by atoms with Gasteiger partial charge in [-0.1, -0.05) is 0 Å². The molecule has 5 saturated heterocycles. The molecule has 88 heavy (non-hydrogen) atoms. The molecule has 0 aliphatic carbocycles. The smallest absolute Gasteiger partial charge is 0.397 e. The Bertz CT molecular complexity index is 2810. The van der Waals surface area contributed by atoms with Crippen molar-refractivity contribution in [1.29, 1.82) is 0 Å². The van der Waals surface area contributed by atoms with Crippen molar-refractivity contribution in [3.63, 3.8) is 0 Å². The van der Waals surface area contributed by atoms with E-state index in [1.165, 1.54) is 13.8 Å². The maximum Gasteiger partial charge on any atom is 0.397 e. The summed E-state index contributed by atoms with van der Waals surface area (Å²) >= 11 is 0. The van der Waals surface area contributed by atoms with Gasteiger partial charge in [-0.25, -0.2) is 26.3 Å². The number of carboxylic acids is 2. The minimum Gasteiger partial charge on any atom is -0.479 e. The molecule has 512 valence electrons. The molecule has 0 radical (unpaired) electrons. The Morgan fingerprint density at radius 2 is 0.955 bits per heavy atom. The van der Waals surface area contributed by atoms with Crippen LogP contribution in [-0.2, 0) is 120 Å². The summed E-state index contributed by atoms with van der Waals surface area (Å²) in [5, 5.41) is 130. The summed E-state index contributed by atoms with van der Waals surface area (Å²) in [6.07, 6.45) is -43.7. The van der Waals surface area contributed by atoms with Crippen molar-refractivity contribution in [2.75, 3.05) is 52.9 Å². The molecule has 5 fully saturated rings. The van der Waals surface area contributed by atoms with Gasteiger partial charge in [0.05, 0.1) is 95.6 Å². The zero-order valence-electron chi connectivity index (χ0n) is 45.9. The van der Waals surface area contributed by atoms with Gasteiger partial charge in [-0.2, -0.15) is 33.7 Å². The molecule has 6 aliphatic rings. The molecule has 45 heteroatoms. The summed E-state index contributed by atoms with van der Waals surface area (Å²) in [6, 6.07) is 0. The molecule has 6 heterocycles. The van der Waals surface area contributed by atoms with Crippen LogP contribution in [0.15, 0.2) is 11.8 Å². The molecule has 0 amide bonds. The summed E-state index contributed by atoms with van der Waals surface area (Å²) in [5.41, 5.74) is 0. The van der Waals surface area contributed by atoms with Crippen molar-refractivity contribution in [1.82, 2.24) is 0 Å². The number of carbonyl (C=O) groups is 2. The SMILES string of the molecule is CC1OC(OCC2C(O)C(COS(=O)(=O)O)OC(C)C2COC2OC(C(=O)O)C(O)C(COCC3OC(CO)C(O)C(COC4OC(C)C(OS(=O)(=O)O)C(O)C4OS(=O)(=O)O)C3COC3OC(C(=O)O)=CC(O)C3O)C2O)C(O)C(OS(=O)(=O)O)C1O. The molecule has 6 aliphatic heterocycles. The number of ether oxygens (including phenoxy) is 11. The van der Waals surface area contributed by atoms with Gasteiger partial charge >= 0.3 is 53.5 Å². The van der Waals surface area contributed by atoms with Gasteiger partial charge in [0.15, 0.2) is 31.1 Å². The molecule has 6 rings (SSSR count). The lowest BCUT2D eigenvalue weighted by Gasteiger charge is -2.47.